The minimum absolute atomic E-state index is 0.245. The maximum absolute atomic E-state index is 13.7. The third kappa shape index (κ3) is 3.89. The van der Waals surface area contributed by atoms with Crippen molar-refractivity contribution in [3.05, 3.63) is 107 Å². The number of para-hydroxylation sites is 1. The van der Waals surface area contributed by atoms with E-state index in [4.69, 9.17) is 0 Å². The monoisotopic (exact) mass is 410 g/mol. The Labute approximate surface area is 183 Å². The average Bonchev–Trinajstić information content (AvgIpc) is 3.01. The van der Waals surface area contributed by atoms with Crippen molar-refractivity contribution in [3.63, 3.8) is 0 Å². The number of amides is 2. The molecule has 1 heterocycles. The number of carbonyl (C=O) groups excluding carboxylic acids is 2. The standard InChI is InChI=1S/C27H26N2O2/c1-4-28(22-13-9-6-10-14-22)25-24(23-16-15-19(2)17-20(23)3)26(30)29(27(25)31)18-21-11-7-5-8-12-21/h5-17H,4,18H2,1-3H3. The molecule has 1 aliphatic heterocycles. The van der Waals surface area contributed by atoms with Crippen molar-refractivity contribution in [1.29, 1.82) is 0 Å². The SMILES string of the molecule is CCN(C1=C(c2ccc(C)cc2C)C(=O)N(Cc2ccccc2)C1=O)c1ccccc1. The van der Waals surface area contributed by atoms with Crippen LogP contribution in [0.3, 0.4) is 0 Å². The topological polar surface area (TPSA) is 40.6 Å². The van der Waals surface area contributed by atoms with E-state index in [9.17, 15) is 9.59 Å². The maximum atomic E-state index is 13.7. The minimum Gasteiger partial charge on any atom is -0.337 e. The molecule has 0 atom stereocenters. The molecule has 3 aromatic rings. The van der Waals surface area contributed by atoms with Gasteiger partial charge in [-0.2, -0.15) is 0 Å². The van der Waals surface area contributed by atoms with E-state index in [0.29, 0.717) is 17.8 Å². The fourth-order valence-electron chi connectivity index (χ4n) is 4.14. The number of aryl methyl sites for hydroxylation is 2. The highest BCUT2D eigenvalue weighted by molar-refractivity contribution is 6.36. The van der Waals surface area contributed by atoms with Crippen molar-refractivity contribution in [3.8, 4) is 0 Å². The van der Waals surface area contributed by atoms with Crippen LogP contribution in [-0.4, -0.2) is 23.3 Å². The summed E-state index contributed by atoms with van der Waals surface area (Å²) in [6.07, 6.45) is 0. The van der Waals surface area contributed by atoms with Gasteiger partial charge in [0.1, 0.15) is 5.70 Å². The van der Waals surface area contributed by atoms with Gasteiger partial charge in [-0.1, -0.05) is 72.3 Å². The quantitative estimate of drug-likeness (QED) is 0.530. The van der Waals surface area contributed by atoms with Gasteiger partial charge in [-0.25, -0.2) is 0 Å². The molecule has 31 heavy (non-hydrogen) atoms. The summed E-state index contributed by atoms with van der Waals surface area (Å²) in [5.41, 5.74) is 5.66. The third-order valence-corrected chi connectivity index (χ3v) is 5.63. The molecule has 0 fully saturated rings. The molecular weight excluding hydrogens is 384 g/mol. The Morgan fingerprint density at radius 3 is 2.06 bits per heavy atom. The van der Waals surface area contributed by atoms with Gasteiger partial charge in [0, 0.05) is 12.2 Å². The molecule has 0 unspecified atom stereocenters. The lowest BCUT2D eigenvalue weighted by atomic mass is 9.97. The number of hydrogen-bond acceptors (Lipinski definition) is 3. The zero-order valence-corrected chi connectivity index (χ0v) is 18.1. The molecule has 0 saturated carbocycles. The second kappa shape index (κ2) is 8.60. The number of nitrogens with zero attached hydrogens (tertiary/aromatic N) is 2. The molecule has 0 radical (unpaired) electrons. The average molecular weight is 411 g/mol. The van der Waals surface area contributed by atoms with Gasteiger partial charge < -0.3 is 4.90 Å². The van der Waals surface area contributed by atoms with E-state index in [-0.39, 0.29) is 18.4 Å². The molecule has 1 aliphatic rings. The number of imide groups is 1. The Bertz CT molecular complexity index is 1150. The van der Waals surface area contributed by atoms with E-state index in [2.05, 4.69) is 6.07 Å². The second-order valence-corrected chi connectivity index (χ2v) is 7.80. The molecule has 0 saturated heterocycles. The Balaban J connectivity index is 1.86. The largest absolute Gasteiger partial charge is 0.337 e. The third-order valence-electron chi connectivity index (χ3n) is 5.63. The summed E-state index contributed by atoms with van der Waals surface area (Å²) in [5, 5.41) is 0. The second-order valence-electron chi connectivity index (χ2n) is 7.80. The number of rotatable bonds is 6. The summed E-state index contributed by atoms with van der Waals surface area (Å²) in [6.45, 7) is 6.84. The highest BCUT2D eigenvalue weighted by Gasteiger charge is 2.42. The van der Waals surface area contributed by atoms with Gasteiger partial charge in [0.2, 0.25) is 0 Å². The Hall–Kier alpha value is -3.66. The summed E-state index contributed by atoms with van der Waals surface area (Å²) in [6, 6.07) is 25.4. The number of carbonyl (C=O) groups is 2. The first-order valence-electron chi connectivity index (χ1n) is 10.6. The van der Waals surface area contributed by atoms with Gasteiger partial charge in [-0.3, -0.25) is 14.5 Å². The number of likely N-dealkylation sites (N-methyl/N-ethyl adjacent to an activating group) is 1. The summed E-state index contributed by atoms with van der Waals surface area (Å²) >= 11 is 0. The molecule has 0 aliphatic carbocycles. The maximum Gasteiger partial charge on any atom is 0.278 e. The van der Waals surface area contributed by atoms with Crippen LogP contribution < -0.4 is 4.90 Å². The van der Waals surface area contributed by atoms with Crippen LogP contribution in [0.4, 0.5) is 5.69 Å². The van der Waals surface area contributed by atoms with Crippen LogP contribution in [0.25, 0.3) is 5.57 Å². The van der Waals surface area contributed by atoms with Crippen molar-refractivity contribution >= 4 is 23.1 Å². The smallest absolute Gasteiger partial charge is 0.278 e. The number of benzene rings is 3. The molecule has 0 N–H and O–H groups in total. The van der Waals surface area contributed by atoms with E-state index in [0.717, 1.165) is 27.9 Å². The first kappa shape index (κ1) is 20.6. The molecule has 0 spiro atoms. The summed E-state index contributed by atoms with van der Waals surface area (Å²) in [4.78, 5) is 30.6. The molecule has 2 amide bonds. The molecule has 4 rings (SSSR count). The Kier molecular flexibility index (Phi) is 5.72. The first-order chi connectivity index (χ1) is 15.0. The van der Waals surface area contributed by atoms with Gasteiger partial charge in [-0.05, 0) is 49.6 Å². The van der Waals surface area contributed by atoms with E-state index < -0.39 is 0 Å². The van der Waals surface area contributed by atoms with Crippen molar-refractivity contribution in [2.75, 3.05) is 11.4 Å². The molecule has 4 nitrogen and oxygen atoms in total. The zero-order valence-electron chi connectivity index (χ0n) is 18.1. The fourth-order valence-corrected chi connectivity index (χ4v) is 4.14. The lowest BCUT2D eigenvalue weighted by Gasteiger charge is -2.25. The van der Waals surface area contributed by atoms with Gasteiger partial charge in [0.15, 0.2) is 0 Å². The van der Waals surface area contributed by atoms with Crippen LogP contribution >= 0.6 is 0 Å². The molecule has 156 valence electrons. The van der Waals surface area contributed by atoms with Crippen molar-refractivity contribution in [2.24, 2.45) is 0 Å². The van der Waals surface area contributed by atoms with E-state index >= 15 is 0 Å². The molecule has 3 aromatic carbocycles. The van der Waals surface area contributed by atoms with Gasteiger partial charge in [-0.15, -0.1) is 0 Å². The lowest BCUT2D eigenvalue weighted by molar-refractivity contribution is -0.137. The lowest BCUT2D eigenvalue weighted by Crippen LogP contribution is -2.34. The van der Waals surface area contributed by atoms with Crippen LogP contribution in [0.5, 0.6) is 0 Å². The van der Waals surface area contributed by atoms with Crippen LogP contribution in [0, 0.1) is 13.8 Å². The highest BCUT2D eigenvalue weighted by atomic mass is 16.2. The molecular formula is C27H26N2O2. The molecule has 4 heteroatoms. The Morgan fingerprint density at radius 1 is 0.806 bits per heavy atom. The van der Waals surface area contributed by atoms with Crippen LogP contribution in [0.15, 0.2) is 84.6 Å². The van der Waals surface area contributed by atoms with Gasteiger partial charge in [0.05, 0.1) is 12.1 Å². The predicted molar refractivity (Wildman–Crippen MR) is 124 cm³/mol. The van der Waals surface area contributed by atoms with E-state index in [1.807, 2.05) is 98.5 Å². The minimum atomic E-state index is -0.255. The van der Waals surface area contributed by atoms with Crippen molar-refractivity contribution in [2.45, 2.75) is 27.3 Å². The van der Waals surface area contributed by atoms with Crippen LogP contribution in [0.2, 0.25) is 0 Å². The van der Waals surface area contributed by atoms with Crippen LogP contribution in [0.1, 0.15) is 29.2 Å². The molecule has 0 bridgehead atoms. The normalized spacial score (nSPS) is 13.8. The first-order valence-corrected chi connectivity index (χ1v) is 10.6. The van der Waals surface area contributed by atoms with Crippen molar-refractivity contribution in [1.82, 2.24) is 4.90 Å². The fraction of sp³-hybridized carbons (Fsp3) is 0.185. The Morgan fingerprint density at radius 2 is 1.45 bits per heavy atom. The van der Waals surface area contributed by atoms with Gasteiger partial charge >= 0.3 is 0 Å². The van der Waals surface area contributed by atoms with Gasteiger partial charge in [0.25, 0.3) is 11.8 Å². The zero-order chi connectivity index (χ0) is 22.0. The summed E-state index contributed by atoms with van der Waals surface area (Å²) in [5.74, 6) is -0.500. The summed E-state index contributed by atoms with van der Waals surface area (Å²) in [7, 11) is 0. The number of anilines is 1. The van der Waals surface area contributed by atoms with E-state index in [1.165, 1.54) is 4.90 Å². The molecule has 0 aromatic heterocycles. The number of hydrogen-bond donors (Lipinski definition) is 0. The van der Waals surface area contributed by atoms with E-state index in [1.54, 1.807) is 0 Å². The summed E-state index contributed by atoms with van der Waals surface area (Å²) < 4.78 is 0. The predicted octanol–water partition coefficient (Wildman–Crippen LogP) is 5.11. The van der Waals surface area contributed by atoms with Crippen LogP contribution in [-0.2, 0) is 16.1 Å². The van der Waals surface area contributed by atoms with Crippen molar-refractivity contribution < 1.29 is 9.59 Å². The highest BCUT2D eigenvalue weighted by Crippen LogP contribution is 2.36.